The lowest BCUT2D eigenvalue weighted by Crippen LogP contribution is -2.15. The molecule has 8 aromatic heterocycles. The molecule has 0 saturated carbocycles. The number of amides is 4. The van der Waals surface area contributed by atoms with Gasteiger partial charge in [0.1, 0.15) is 68.5 Å². The predicted molar refractivity (Wildman–Crippen MR) is 456 cm³/mol. The second-order valence-electron chi connectivity index (χ2n) is 29.7. The van der Waals surface area contributed by atoms with Gasteiger partial charge in [-0.05, 0) is 184 Å². The summed E-state index contributed by atoms with van der Waals surface area (Å²) >= 11 is 0. The summed E-state index contributed by atoms with van der Waals surface area (Å²) in [6, 6.07) is 13.1. The summed E-state index contributed by atoms with van der Waals surface area (Å²) in [5, 5.41) is 64.0. The molecule has 4 unspecified atom stereocenters. The number of halogens is 4. The van der Waals surface area contributed by atoms with Crippen molar-refractivity contribution < 1.29 is 74.6 Å². The number of rotatable bonds is 24. The Bertz CT molecular complexity index is 5970. The molecule has 8 heterocycles. The highest BCUT2D eigenvalue weighted by molar-refractivity contribution is 6.03. The quantitative estimate of drug-likeness (QED) is 0.0153. The van der Waals surface area contributed by atoms with E-state index in [4.69, 9.17) is 37.9 Å². The van der Waals surface area contributed by atoms with Gasteiger partial charge >= 0.3 is 0 Å². The topological polar surface area (TPSA) is 398 Å². The first-order valence-corrected chi connectivity index (χ1v) is 39.8. The van der Waals surface area contributed by atoms with Crippen LogP contribution in [0.5, 0.6) is 46.0 Å². The zero-order valence-corrected chi connectivity index (χ0v) is 70.2. The summed E-state index contributed by atoms with van der Waals surface area (Å²) in [7, 11) is 15.6. The summed E-state index contributed by atoms with van der Waals surface area (Å²) in [5.41, 5.74) is 17.7. The zero-order chi connectivity index (χ0) is 88.2. The van der Waals surface area contributed by atoms with Crippen LogP contribution in [-0.2, 0) is 84.6 Å². The molecule has 0 radical (unpaired) electrons. The van der Waals surface area contributed by atoms with Crippen molar-refractivity contribution in [3.05, 3.63) is 214 Å². The molecule has 32 nitrogen and oxygen atoms in total. The number of aryl methyl sites for hydroxylation is 2. The number of carbonyl (C=O) groups excluding carboxylic acids is 4. The van der Waals surface area contributed by atoms with Gasteiger partial charge in [-0.15, -0.1) is 0 Å². The Hall–Kier alpha value is -14.5. The minimum Gasteiger partial charge on any atom is -0.497 e. The van der Waals surface area contributed by atoms with Gasteiger partial charge in [-0.1, -0.05) is 26.3 Å². The van der Waals surface area contributed by atoms with Crippen molar-refractivity contribution in [1.82, 2.24) is 80.7 Å². The maximum absolute atomic E-state index is 15.1. The van der Waals surface area contributed by atoms with Gasteiger partial charge in [-0.2, -0.15) is 40.8 Å². The van der Waals surface area contributed by atoms with Gasteiger partial charge in [0.15, 0.2) is 46.3 Å². The number of benzene rings is 4. The third-order valence-electron chi connectivity index (χ3n) is 22.5. The van der Waals surface area contributed by atoms with Crippen molar-refractivity contribution in [2.75, 3.05) is 78.1 Å². The van der Waals surface area contributed by atoms with E-state index in [1.54, 1.807) is 113 Å². The monoisotopic (exact) mass is 1700 g/mol. The van der Waals surface area contributed by atoms with Crippen LogP contribution in [0.4, 0.5) is 40.3 Å². The highest BCUT2D eigenvalue weighted by atomic mass is 19.1. The highest BCUT2D eigenvalue weighted by Gasteiger charge is 2.35. The van der Waals surface area contributed by atoms with E-state index < -0.39 is 0 Å². The SMILES string of the molecule is C=CC(=O)Nc1cn(C)nc1-c1n[nH]c2c1CCCC(c1cc(OC)cc(OC)c1F)C2.C=CC(=O)Nc1cn[nH]c1-c1n[nH]c2c1CCC(c1cc(OC)cc(OC)c1F)C2.C=CC(=O)Nc1cn[nH]c1-c1n[nH]c2c1CCCC(c1cc(OC)cc(OC)c1F)C2.C=CC(=O)Nc1cnn(C)c1-c1n[nH]c2c1CCC(c1cc(OC)cc(OC)c1F)C2. The van der Waals surface area contributed by atoms with Crippen molar-refractivity contribution in [1.29, 1.82) is 0 Å². The van der Waals surface area contributed by atoms with Gasteiger partial charge in [0, 0.05) is 89.6 Å². The number of H-pyrrole nitrogens is 6. The Morgan fingerprint density at radius 1 is 0.395 bits per heavy atom. The molecule has 36 heteroatoms. The van der Waals surface area contributed by atoms with Crippen LogP contribution in [0.15, 0.2) is 124 Å². The summed E-state index contributed by atoms with van der Waals surface area (Å²) in [5.74, 6) is -0.0374. The molecule has 4 amide bonds. The van der Waals surface area contributed by atoms with E-state index in [1.807, 2.05) is 0 Å². The van der Waals surface area contributed by atoms with Gasteiger partial charge in [-0.3, -0.25) is 59.1 Å². The Balaban J connectivity index is 0.000000142. The predicted octanol–water partition coefficient (Wildman–Crippen LogP) is 14.2. The molecule has 4 atom stereocenters. The number of hydrogen-bond acceptors (Lipinski definition) is 20. The number of aromatic nitrogens is 16. The number of hydrogen-bond donors (Lipinski definition) is 10. The van der Waals surface area contributed by atoms with Crippen LogP contribution >= 0.6 is 0 Å². The number of nitrogens with one attached hydrogen (secondary N) is 10. The van der Waals surface area contributed by atoms with Crippen LogP contribution < -0.4 is 59.2 Å². The molecule has 0 saturated heterocycles. The van der Waals surface area contributed by atoms with Crippen molar-refractivity contribution in [2.45, 2.75) is 114 Å². The molecule has 124 heavy (non-hydrogen) atoms. The minimum atomic E-state index is -0.366. The minimum absolute atomic E-state index is 0.0449. The zero-order valence-electron chi connectivity index (χ0n) is 70.2. The fourth-order valence-electron chi connectivity index (χ4n) is 16.4. The number of aromatic amines is 6. The highest BCUT2D eigenvalue weighted by Crippen LogP contribution is 2.47. The lowest BCUT2D eigenvalue weighted by Gasteiger charge is -2.24. The number of carbonyl (C=O) groups is 4. The van der Waals surface area contributed by atoms with Gasteiger partial charge in [0.2, 0.25) is 23.6 Å². The summed E-state index contributed by atoms with van der Waals surface area (Å²) in [6.07, 6.45) is 21.3. The van der Waals surface area contributed by atoms with E-state index in [-0.39, 0.29) is 93.6 Å². The van der Waals surface area contributed by atoms with Gasteiger partial charge in [0.05, 0.1) is 98.2 Å². The van der Waals surface area contributed by atoms with E-state index >= 15 is 8.78 Å². The molecule has 0 spiro atoms. The molecule has 4 aliphatic rings. The third kappa shape index (κ3) is 18.5. The number of ether oxygens (including phenoxy) is 8. The first-order chi connectivity index (χ1) is 60.0. The Labute approximate surface area is 710 Å². The van der Waals surface area contributed by atoms with E-state index in [0.29, 0.717) is 146 Å². The summed E-state index contributed by atoms with van der Waals surface area (Å²) in [4.78, 5) is 47.0. The normalized spacial score (nSPS) is 15.5. The van der Waals surface area contributed by atoms with Gasteiger partial charge < -0.3 is 59.2 Å². The maximum Gasteiger partial charge on any atom is 0.247 e. The largest absolute Gasteiger partial charge is 0.497 e. The standard InChI is InChI=1S/C23H26FN5O3.2C22H24FN5O3.C21H22FN5O3/c1-5-20(30)25-18-12-29(2)28-23(18)22-15-8-6-7-13(9-17(15)26-27-22)16-10-14(31-3)11-19(32-4)21(16)24;1-5-19(29)25-17-11-24-28(2)22(17)21-14-7-6-12(8-16(14)26-27-21)15-9-13(30-3)10-18(31-4)20(15)23;1-4-19(29)25-17-11-24-27-22(17)21-14-7-5-6-12(8-16(14)26-28-21)15-9-13(30-2)10-18(31-3)20(15)23;1-4-18(28)24-16-10-23-26-21(16)20-13-6-5-11(7-15(13)25-27-20)14-8-12(29-2)9-17(30-3)19(14)22/h5,10-13H,1,6-9H2,2-4H3,(H,25,30)(H,26,27);5,9-12H,1,6-8H2,2-4H3,(H,25,29)(H,26,27);4,9-12H,1,5-8H2,2-3H3,(H,24,27)(H,25,29)(H,26,28);4,8-11H,1,5-7H2,2-3H3,(H,23,26)(H,24,28)(H,25,27). The average molecular weight is 1700 g/mol. The number of nitrogens with zero attached hydrogens (tertiary/aromatic N) is 10. The van der Waals surface area contributed by atoms with Crippen LogP contribution in [0.1, 0.15) is 129 Å². The first kappa shape index (κ1) is 87.3. The van der Waals surface area contributed by atoms with Gasteiger partial charge in [-0.25, -0.2) is 17.6 Å². The number of methoxy groups -OCH3 is 8. The van der Waals surface area contributed by atoms with E-state index in [1.165, 1.54) is 65.1 Å². The molecule has 12 aromatic rings. The molecule has 4 aliphatic carbocycles. The van der Waals surface area contributed by atoms with Crippen LogP contribution in [0.3, 0.4) is 0 Å². The number of fused-ring (bicyclic) bond motifs is 4. The second kappa shape index (κ2) is 38.9. The molecule has 648 valence electrons. The van der Waals surface area contributed by atoms with E-state index in [0.717, 1.165) is 102 Å². The molecule has 16 rings (SSSR count). The van der Waals surface area contributed by atoms with Crippen molar-refractivity contribution in [3.63, 3.8) is 0 Å². The molecular weight excluding hydrogens is 1610 g/mol. The molecule has 0 bridgehead atoms. The Morgan fingerprint density at radius 3 is 1.08 bits per heavy atom. The summed E-state index contributed by atoms with van der Waals surface area (Å²) < 4.78 is 105. The fraction of sp³-hybridized carbons (Fsp3) is 0.318. The third-order valence-corrected chi connectivity index (χ3v) is 22.5. The van der Waals surface area contributed by atoms with Crippen molar-refractivity contribution in [2.24, 2.45) is 14.1 Å². The second-order valence-corrected chi connectivity index (χ2v) is 29.7. The molecular formula is C88H96F4N20O12. The fourth-order valence-corrected chi connectivity index (χ4v) is 16.4. The van der Waals surface area contributed by atoms with Crippen molar-refractivity contribution in [3.8, 4) is 91.5 Å². The van der Waals surface area contributed by atoms with Crippen LogP contribution in [-0.4, -0.2) is 161 Å². The lowest BCUT2D eigenvalue weighted by molar-refractivity contribution is -0.112. The maximum atomic E-state index is 15.1. The first-order valence-electron chi connectivity index (χ1n) is 39.8. The average Bonchev–Trinajstić information content (AvgIpc) is 1.69. The Morgan fingerprint density at radius 2 is 0.718 bits per heavy atom. The van der Waals surface area contributed by atoms with E-state index in [9.17, 15) is 28.0 Å². The van der Waals surface area contributed by atoms with E-state index in [2.05, 4.69) is 119 Å². The Kier molecular flexibility index (Phi) is 27.4. The molecule has 10 N–H and O–H groups in total. The summed E-state index contributed by atoms with van der Waals surface area (Å²) in [6.45, 7) is 13.9. The van der Waals surface area contributed by atoms with Gasteiger partial charge in [0.25, 0.3) is 0 Å². The molecule has 0 aliphatic heterocycles. The molecule has 4 aromatic carbocycles. The van der Waals surface area contributed by atoms with Crippen molar-refractivity contribution >= 4 is 46.4 Å². The molecule has 0 fully saturated rings. The number of anilines is 4. The smallest absolute Gasteiger partial charge is 0.247 e. The van der Waals surface area contributed by atoms with Crippen LogP contribution in [0.25, 0.3) is 45.6 Å². The van der Waals surface area contributed by atoms with Crippen LogP contribution in [0, 0.1) is 23.3 Å². The van der Waals surface area contributed by atoms with Crippen LogP contribution in [0.2, 0.25) is 0 Å². The lowest BCUT2D eigenvalue weighted by atomic mass is 9.81.